The topological polar surface area (TPSA) is 83.6 Å². The van der Waals surface area contributed by atoms with Crippen molar-refractivity contribution in [2.24, 2.45) is 0 Å². The minimum atomic E-state index is -4.87. The number of carbonyl (C=O) groups excluding carboxylic acids is 2. The van der Waals surface area contributed by atoms with Crippen molar-refractivity contribution < 1.29 is 40.7 Å². The predicted molar refractivity (Wildman–Crippen MR) is 158 cm³/mol. The zero-order valence-electron chi connectivity index (χ0n) is 24.9. The number of fused-ring (bicyclic) bond motifs is 3. The van der Waals surface area contributed by atoms with Gasteiger partial charge in [0.2, 0.25) is 11.8 Å². The Labute approximate surface area is 262 Å². The summed E-state index contributed by atoms with van der Waals surface area (Å²) in [5.74, 6) is -1.72. The van der Waals surface area contributed by atoms with E-state index in [1.165, 1.54) is 23.6 Å². The number of nitrogens with one attached hydrogen (secondary N) is 2. The fraction of sp³-hybridized carbons (Fsp3) is 0.424. The van der Waals surface area contributed by atoms with Gasteiger partial charge in [-0.3, -0.25) is 14.9 Å². The lowest BCUT2D eigenvalue weighted by Crippen LogP contribution is -2.49. The third-order valence-electron chi connectivity index (χ3n) is 8.55. The van der Waals surface area contributed by atoms with Crippen molar-refractivity contribution in [3.63, 3.8) is 0 Å². The summed E-state index contributed by atoms with van der Waals surface area (Å²) in [5, 5.41) is 4.20. The van der Waals surface area contributed by atoms with E-state index in [0.29, 0.717) is 56.4 Å². The van der Waals surface area contributed by atoms with Gasteiger partial charge in [-0.05, 0) is 66.6 Å². The third-order valence-corrected chi connectivity index (χ3v) is 8.55. The molecule has 2 heterocycles. The molecule has 1 fully saturated rings. The molecular weight excluding hydrogens is 614 g/mol. The Balaban J connectivity index is 1.16. The van der Waals surface area contributed by atoms with Crippen LogP contribution in [-0.2, 0) is 10.2 Å². The summed E-state index contributed by atoms with van der Waals surface area (Å²) >= 11 is 0. The lowest BCUT2D eigenvalue weighted by molar-refractivity contribution is -0.172. The van der Waals surface area contributed by atoms with Crippen molar-refractivity contribution in [3.05, 3.63) is 83.6 Å². The molecule has 0 radical (unpaired) electrons. The first-order valence-electron chi connectivity index (χ1n) is 15.1. The number of alkyl halides is 6. The van der Waals surface area contributed by atoms with Crippen molar-refractivity contribution in [3.8, 4) is 17.0 Å². The summed E-state index contributed by atoms with van der Waals surface area (Å²) < 4.78 is 82.9. The molecule has 246 valence electrons. The van der Waals surface area contributed by atoms with Crippen molar-refractivity contribution in [1.29, 1.82) is 0 Å². The molecule has 2 amide bonds. The molecule has 13 heteroatoms. The third kappa shape index (κ3) is 7.63. The molecule has 1 aliphatic carbocycles. The Bertz CT molecular complexity index is 1490. The summed E-state index contributed by atoms with van der Waals surface area (Å²) in [7, 11) is 0. The number of rotatable bonds is 11. The number of benzene rings is 2. The van der Waals surface area contributed by atoms with Gasteiger partial charge in [-0.15, -0.1) is 0 Å². The van der Waals surface area contributed by atoms with E-state index in [-0.39, 0.29) is 23.9 Å². The van der Waals surface area contributed by atoms with E-state index >= 15 is 0 Å². The van der Waals surface area contributed by atoms with Gasteiger partial charge in [-0.1, -0.05) is 55.0 Å². The summed E-state index contributed by atoms with van der Waals surface area (Å²) in [6.07, 6.45) is -6.45. The average molecular weight is 649 g/mol. The van der Waals surface area contributed by atoms with Gasteiger partial charge < -0.3 is 15.0 Å². The number of nitrogens with zero attached hydrogens (tertiary/aromatic N) is 2. The Morgan fingerprint density at radius 2 is 1.52 bits per heavy atom. The summed E-state index contributed by atoms with van der Waals surface area (Å²) in [5.41, 5.74) is 1.23. The zero-order valence-corrected chi connectivity index (χ0v) is 24.9. The molecule has 7 nitrogen and oxygen atoms in total. The molecule has 5 rings (SSSR count). The maximum atomic E-state index is 13.4. The maximum Gasteiger partial charge on any atom is 0.484 e. The van der Waals surface area contributed by atoms with Crippen LogP contribution in [0.25, 0.3) is 11.1 Å². The number of halogens is 6. The number of likely N-dealkylation sites (tertiary alicyclic amines) is 1. The van der Waals surface area contributed by atoms with Crippen LogP contribution < -0.4 is 15.4 Å². The second-order valence-electron chi connectivity index (χ2n) is 11.6. The van der Waals surface area contributed by atoms with Crippen LogP contribution in [0.2, 0.25) is 0 Å². The number of aromatic nitrogens is 1. The highest BCUT2D eigenvalue weighted by Gasteiger charge is 2.51. The Morgan fingerprint density at radius 3 is 2.13 bits per heavy atom. The van der Waals surface area contributed by atoms with E-state index in [1.807, 2.05) is 24.3 Å². The van der Waals surface area contributed by atoms with E-state index in [0.717, 1.165) is 11.1 Å². The number of ether oxygens (including phenoxy) is 1. The molecule has 46 heavy (non-hydrogen) atoms. The molecule has 1 aromatic heterocycles. The molecule has 2 aromatic carbocycles. The maximum absolute atomic E-state index is 13.4. The molecule has 0 bridgehead atoms. The van der Waals surface area contributed by atoms with Crippen LogP contribution in [0.1, 0.15) is 60.0 Å². The van der Waals surface area contributed by atoms with Crippen LogP contribution in [0.5, 0.6) is 5.88 Å². The van der Waals surface area contributed by atoms with Crippen molar-refractivity contribution in [1.82, 2.24) is 20.5 Å². The smallest absolute Gasteiger partial charge is 0.477 e. The van der Waals surface area contributed by atoms with Crippen LogP contribution in [-0.4, -0.2) is 66.5 Å². The van der Waals surface area contributed by atoms with Gasteiger partial charge in [-0.2, -0.15) is 26.3 Å². The first kappa shape index (κ1) is 33.2. The lowest BCUT2D eigenvalue weighted by atomic mass is 9.73. The van der Waals surface area contributed by atoms with Crippen LogP contribution in [0, 0.1) is 0 Å². The van der Waals surface area contributed by atoms with Gasteiger partial charge in [0.15, 0.2) is 0 Å². The van der Waals surface area contributed by atoms with E-state index in [1.54, 1.807) is 24.3 Å². The second kappa shape index (κ2) is 13.7. The van der Waals surface area contributed by atoms with Gasteiger partial charge in [0.05, 0.1) is 13.0 Å². The quantitative estimate of drug-likeness (QED) is 0.143. The molecule has 2 aliphatic rings. The average Bonchev–Trinajstić information content (AvgIpc) is 3.30. The fourth-order valence-corrected chi connectivity index (χ4v) is 6.42. The van der Waals surface area contributed by atoms with Crippen molar-refractivity contribution in [2.75, 3.05) is 26.2 Å². The minimum Gasteiger partial charge on any atom is -0.477 e. The minimum absolute atomic E-state index is 0.0608. The van der Waals surface area contributed by atoms with Crippen LogP contribution >= 0.6 is 0 Å². The molecule has 0 spiro atoms. The van der Waals surface area contributed by atoms with Gasteiger partial charge in [-0.25, -0.2) is 4.98 Å². The van der Waals surface area contributed by atoms with Crippen LogP contribution in [0.3, 0.4) is 0 Å². The zero-order chi connectivity index (χ0) is 33.0. The van der Waals surface area contributed by atoms with E-state index in [4.69, 9.17) is 4.74 Å². The monoisotopic (exact) mass is 648 g/mol. The molecule has 3 aromatic rings. The largest absolute Gasteiger partial charge is 0.484 e. The van der Waals surface area contributed by atoms with Crippen LogP contribution in [0.15, 0.2) is 66.9 Å². The number of hydrogen-bond acceptors (Lipinski definition) is 5. The highest BCUT2D eigenvalue weighted by molar-refractivity contribution is 6.00. The number of piperidine rings is 1. The van der Waals surface area contributed by atoms with Gasteiger partial charge in [0.25, 0.3) is 5.91 Å². The van der Waals surface area contributed by atoms with E-state index < -0.39 is 42.7 Å². The Hall–Kier alpha value is -4.13. The summed E-state index contributed by atoms with van der Waals surface area (Å²) in [6.45, 7) is 1.35. The lowest BCUT2D eigenvalue weighted by Gasteiger charge is -2.33. The molecule has 1 saturated heterocycles. The molecular formula is C33H34F6N4O3. The summed E-state index contributed by atoms with van der Waals surface area (Å²) in [6, 6.07) is 17.0. The molecule has 2 N–H and O–H groups in total. The highest BCUT2D eigenvalue weighted by Crippen LogP contribution is 2.51. The number of hydrogen-bond donors (Lipinski definition) is 2. The number of unbranched alkanes of at least 4 members (excludes halogenated alkanes) is 1. The predicted octanol–water partition coefficient (Wildman–Crippen LogP) is 6.38. The van der Waals surface area contributed by atoms with Crippen molar-refractivity contribution >= 4 is 11.8 Å². The Morgan fingerprint density at radius 1 is 0.891 bits per heavy atom. The molecule has 1 aliphatic heterocycles. The van der Waals surface area contributed by atoms with Gasteiger partial charge >= 0.3 is 12.5 Å². The normalized spacial score (nSPS) is 16.4. The first-order chi connectivity index (χ1) is 21.9. The first-order valence-corrected chi connectivity index (χ1v) is 15.1. The summed E-state index contributed by atoms with van der Waals surface area (Å²) in [4.78, 5) is 32.4. The standard InChI is InChI=1S/C33H34F6N4O3/c34-32(35,36)16-21-46-29-25(10-7-17-40-29)28(44)41-22-13-19-43(20-14-22)18-6-5-15-31(30(45)42-33(37,38)39)26-11-3-1-8-23(26)24-9-2-4-12-27(24)31/h1-4,7-12,17,22H,5-6,13-16,18-21H2,(H,41,44)(H,42,45). The Kier molecular flexibility index (Phi) is 9.90. The van der Waals surface area contributed by atoms with Gasteiger partial charge in [0, 0.05) is 25.3 Å². The van der Waals surface area contributed by atoms with Crippen LogP contribution in [0.4, 0.5) is 26.3 Å². The molecule has 0 saturated carbocycles. The SMILES string of the molecule is O=C(NC1CCN(CCCCC2(C(=O)NC(F)(F)F)c3ccccc3-c3ccccc32)CC1)c1cccnc1OCCC(F)(F)F. The molecule has 0 atom stereocenters. The highest BCUT2D eigenvalue weighted by atomic mass is 19.4. The number of amides is 2. The fourth-order valence-electron chi connectivity index (χ4n) is 6.42. The van der Waals surface area contributed by atoms with E-state index in [9.17, 15) is 35.9 Å². The number of pyridine rings is 1. The number of carbonyl (C=O) groups is 2. The second-order valence-corrected chi connectivity index (χ2v) is 11.6. The molecule has 0 unspecified atom stereocenters. The van der Waals surface area contributed by atoms with E-state index in [2.05, 4.69) is 15.2 Å². The van der Waals surface area contributed by atoms with Crippen molar-refractivity contribution in [2.45, 2.75) is 62.5 Å². The van der Waals surface area contributed by atoms with Gasteiger partial charge in [0.1, 0.15) is 11.0 Å².